The Bertz CT molecular complexity index is 748. The summed E-state index contributed by atoms with van der Waals surface area (Å²) in [5, 5.41) is 4.64. The van der Waals surface area contributed by atoms with Crippen molar-refractivity contribution in [3.63, 3.8) is 0 Å². The second-order valence-corrected chi connectivity index (χ2v) is 7.17. The normalized spacial score (nSPS) is 11.4. The fourth-order valence-corrected chi connectivity index (χ4v) is 2.90. The van der Waals surface area contributed by atoms with Gasteiger partial charge in [-0.2, -0.15) is 0 Å². The summed E-state index contributed by atoms with van der Waals surface area (Å²) in [5.74, 6) is -0.436. The van der Waals surface area contributed by atoms with Crippen LogP contribution < -0.4 is 5.32 Å². The van der Waals surface area contributed by atoms with Crippen LogP contribution in [0.3, 0.4) is 0 Å². The predicted octanol–water partition coefficient (Wildman–Crippen LogP) is 3.91. The quantitative estimate of drug-likeness (QED) is 0.604. The molecule has 0 unspecified atom stereocenters. The molecule has 0 atom stereocenters. The number of rotatable bonds is 7. The summed E-state index contributed by atoms with van der Waals surface area (Å²) in [6.07, 6.45) is 1.80. The van der Waals surface area contributed by atoms with Crippen molar-refractivity contribution < 1.29 is 14.3 Å². The van der Waals surface area contributed by atoms with Crippen molar-refractivity contribution in [3.8, 4) is 0 Å². The zero-order valence-corrected chi connectivity index (χ0v) is 15.6. The van der Waals surface area contributed by atoms with Gasteiger partial charge in [0.05, 0.1) is 5.57 Å². The number of nitrogens with one attached hydrogen (secondary N) is 1. The van der Waals surface area contributed by atoms with Gasteiger partial charge in [0.25, 0.3) is 5.91 Å². The lowest BCUT2D eigenvalue weighted by molar-refractivity contribution is -0.142. The smallest absolute Gasteiger partial charge is 0.340 e. The van der Waals surface area contributed by atoms with Crippen molar-refractivity contribution in [1.82, 2.24) is 5.32 Å². The van der Waals surface area contributed by atoms with E-state index in [0.717, 1.165) is 16.0 Å². The SMILES string of the molecule is Cc1cccc(/C=C(/C(=O)OCC(=O)NCC(C)C)c2cccs2)c1. The number of amides is 1. The molecule has 0 radical (unpaired) electrons. The zero-order valence-electron chi connectivity index (χ0n) is 14.7. The van der Waals surface area contributed by atoms with Crippen molar-refractivity contribution in [3.05, 3.63) is 57.8 Å². The van der Waals surface area contributed by atoms with Gasteiger partial charge in [0.1, 0.15) is 0 Å². The van der Waals surface area contributed by atoms with Gasteiger partial charge >= 0.3 is 5.97 Å². The molecule has 0 saturated carbocycles. The number of ether oxygens (including phenoxy) is 1. The van der Waals surface area contributed by atoms with Crippen molar-refractivity contribution >= 4 is 34.9 Å². The molecule has 4 nitrogen and oxygen atoms in total. The monoisotopic (exact) mass is 357 g/mol. The van der Waals surface area contributed by atoms with Crippen molar-refractivity contribution in [2.45, 2.75) is 20.8 Å². The number of esters is 1. The number of hydrogen-bond acceptors (Lipinski definition) is 4. The lowest BCUT2D eigenvalue weighted by Gasteiger charge is -2.09. The fourth-order valence-electron chi connectivity index (χ4n) is 2.17. The van der Waals surface area contributed by atoms with Crippen LogP contribution in [-0.4, -0.2) is 25.0 Å². The van der Waals surface area contributed by atoms with E-state index in [9.17, 15) is 9.59 Å². The van der Waals surface area contributed by atoms with Crippen LogP contribution in [0, 0.1) is 12.8 Å². The molecule has 25 heavy (non-hydrogen) atoms. The molecule has 5 heteroatoms. The summed E-state index contributed by atoms with van der Waals surface area (Å²) in [6.45, 7) is 6.30. The van der Waals surface area contributed by atoms with Crippen LogP contribution in [0.15, 0.2) is 41.8 Å². The lowest BCUT2D eigenvalue weighted by Crippen LogP contribution is -2.31. The second-order valence-electron chi connectivity index (χ2n) is 6.22. The Morgan fingerprint density at radius 1 is 1.24 bits per heavy atom. The third-order valence-corrected chi connectivity index (χ3v) is 4.30. The lowest BCUT2D eigenvalue weighted by atomic mass is 10.1. The zero-order chi connectivity index (χ0) is 18.2. The molecule has 0 aliphatic carbocycles. The first-order valence-corrected chi connectivity index (χ1v) is 9.09. The van der Waals surface area contributed by atoms with Gasteiger partial charge in [0.15, 0.2) is 6.61 Å². The molecule has 132 valence electrons. The van der Waals surface area contributed by atoms with E-state index in [1.165, 1.54) is 11.3 Å². The van der Waals surface area contributed by atoms with Gasteiger partial charge in [0, 0.05) is 11.4 Å². The highest BCUT2D eigenvalue weighted by Gasteiger charge is 2.16. The minimum atomic E-state index is -0.497. The Morgan fingerprint density at radius 2 is 2.04 bits per heavy atom. The first-order chi connectivity index (χ1) is 12.0. The van der Waals surface area contributed by atoms with Crippen LogP contribution in [0.4, 0.5) is 0 Å². The highest BCUT2D eigenvalue weighted by molar-refractivity contribution is 7.11. The minimum absolute atomic E-state index is 0.276. The number of aryl methyl sites for hydroxylation is 1. The molecular formula is C20H23NO3S. The van der Waals surface area contributed by atoms with E-state index < -0.39 is 5.97 Å². The molecular weight excluding hydrogens is 334 g/mol. The number of hydrogen-bond donors (Lipinski definition) is 1. The van der Waals surface area contributed by atoms with Crippen molar-refractivity contribution in [2.75, 3.05) is 13.2 Å². The molecule has 0 saturated heterocycles. The van der Waals surface area contributed by atoms with Crippen molar-refractivity contribution in [1.29, 1.82) is 0 Å². The van der Waals surface area contributed by atoms with E-state index in [-0.39, 0.29) is 12.5 Å². The fraction of sp³-hybridized carbons (Fsp3) is 0.300. The summed E-state index contributed by atoms with van der Waals surface area (Å²) in [7, 11) is 0. The molecule has 0 bridgehead atoms. The average Bonchev–Trinajstić information content (AvgIpc) is 3.10. The van der Waals surface area contributed by atoms with Gasteiger partial charge in [-0.05, 0) is 35.9 Å². The molecule has 1 aromatic carbocycles. The van der Waals surface area contributed by atoms with E-state index in [0.29, 0.717) is 18.0 Å². The number of thiophene rings is 1. The second kappa shape index (κ2) is 9.18. The highest BCUT2D eigenvalue weighted by atomic mass is 32.1. The summed E-state index contributed by atoms with van der Waals surface area (Å²) < 4.78 is 5.21. The average molecular weight is 357 g/mol. The first-order valence-electron chi connectivity index (χ1n) is 8.21. The Morgan fingerprint density at radius 3 is 2.68 bits per heavy atom. The van der Waals surface area contributed by atoms with Crippen LogP contribution in [0.2, 0.25) is 0 Å². The maximum Gasteiger partial charge on any atom is 0.340 e. The number of carbonyl (C=O) groups excluding carboxylic acids is 2. The van der Waals surface area contributed by atoms with Crippen molar-refractivity contribution in [2.24, 2.45) is 5.92 Å². The Hall–Kier alpha value is -2.40. The van der Waals surface area contributed by atoms with Crippen LogP contribution in [0.1, 0.15) is 29.9 Å². The number of benzene rings is 1. The van der Waals surface area contributed by atoms with E-state index in [2.05, 4.69) is 5.32 Å². The van der Waals surface area contributed by atoms with Gasteiger partial charge in [0.2, 0.25) is 0 Å². The van der Waals surface area contributed by atoms with Crippen LogP contribution in [0.25, 0.3) is 11.6 Å². The predicted molar refractivity (Wildman–Crippen MR) is 102 cm³/mol. The number of carbonyl (C=O) groups is 2. The third kappa shape index (κ3) is 6.19. The molecule has 1 amide bonds. The molecule has 1 N–H and O–H groups in total. The van der Waals surface area contributed by atoms with Gasteiger partial charge in [-0.3, -0.25) is 4.79 Å². The molecule has 0 spiro atoms. The standard InChI is InChI=1S/C20H23NO3S/c1-14(2)12-21-19(22)13-24-20(23)17(18-8-5-9-25-18)11-16-7-4-6-15(3)10-16/h4-11,14H,12-13H2,1-3H3,(H,21,22)/b17-11+. The highest BCUT2D eigenvalue weighted by Crippen LogP contribution is 2.24. The largest absolute Gasteiger partial charge is 0.452 e. The molecule has 2 aromatic rings. The van der Waals surface area contributed by atoms with Gasteiger partial charge < -0.3 is 10.1 Å². The van der Waals surface area contributed by atoms with E-state index in [4.69, 9.17) is 4.74 Å². The molecule has 1 aromatic heterocycles. The summed E-state index contributed by atoms with van der Waals surface area (Å²) in [4.78, 5) is 25.1. The molecule has 2 rings (SSSR count). The first kappa shape index (κ1) is 18.9. The Kier molecular flexibility index (Phi) is 6.95. The van der Waals surface area contributed by atoms with E-state index in [1.54, 1.807) is 6.08 Å². The molecule has 0 aliphatic heterocycles. The van der Waals surface area contributed by atoms with Crippen LogP contribution in [0.5, 0.6) is 0 Å². The van der Waals surface area contributed by atoms with Gasteiger partial charge in [-0.15, -0.1) is 11.3 Å². The Labute approximate surface area is 152 Å². The summed E-state index contributed by atoms with van der Waals surface area (Å²) in [6, 6.07) is 11.6. The van der Waals surface area contributed by atoms with E-state index in [1.807, 2.05) is 62.5 Å². The summed E-state index contributed by atoms with van der Waals surface area (Å²) in [5.41, 5.74) is 2.49. The maximum absolute atomic E-state index is 12.5. The third-order valence-electron chi connectivity index (χ3n) is 3.40. The molecule has 0 aliphatic rings. The minimum Gasteiger partial charge on any atom is -0.452 e. The maximum atomic E-state index is 12.5. The van der Waals surface area contributed by atoms with Gasteiger partial charge in [-0.25, -0.2) is 4.79 Å². The van der Waals surface area contributed by atoms with Crippen LogP contribution >= 0.6 is 11.3 Å². The van der Waals surface area contributed by atoms with Gasteiger partial charge in [-0.1, -0.05) is 49.7 Å². The Balaban J connectivity index is 2.11. The summed E-state index contributed by atoms with van der Waals surface area (Å²) >= 11 is 1.46. The molecule has 0 fully saturated rings. The topological polar surface area (TPSA) is 55.4 Å². The van der Waals surface area contributed by atoms with E-state index >= 15 is 0 Å². The van der Waals surface area contributed by atoms with Crippen LogP contribution in [-0.2, 0) is 14.3 Å². The molecule has 1 heterocycles.